The first-order valence-corrected chi connectivity index (χ1v) is 7.12. The molecule has 104 valence electrons. The van der Waals surface area contributed by atoms with Gasteiger partial charge < -0.3 is 9.47 Å². The molecule has 6 heteroatoms. The standard InChI is InChI=1S/C12H20O5S/c1-11(7-5-9-12(15-2)16-3)8-6-10-17-18(4,13)14/h5-9,12H,10H2,1-4H3. The first-order valence-electron chi connectivity index (χ1n) is 5.30. The van der Waals surface area contributed by atoms with Gasteiger partial charge in [-0.3, -0.25) is 4.18 Å². The molecule has 0 saturated carbocycles. The number of methoxy groups -OCH3 is 2. The summed E-state index contributed by atoms with van der Waals surface area (Å²) in [7, 11) is -0.269. The van der Waals surface area contributed by atoms with Gasteiger partial charge in [0.25, 0.3) is 10.1 Å². The molecular weight excluding hydrogens is 256 g/mol. The predicted molar refractivity (Wildman–Crippen MR) is 70.6 cm³/mol. The van der Waals surface area contributed by atoms with E-state index in [1.165, 1.54) is 0 Å². The lowest BCUT2D eigenvalue weighted by molar-refractivity contribution is -0.0666. The molecule has 0 bridgehead atoms. The van der Waals surface area contributed by atoms with E-state index in [1.807, 2.05) is 13.0 Å². The van der Waals surface area contributed by atoms with Crippen LogP contribution in [-0.4, -0.2) is 41.8 Å². The van der Waals surface area contributed by atoms with Crippen molar-refractivity contribution in [2.24, 2.45) is 0 Å². The highest BCUT2D eigenvalue weighted by Gasteiger charge is 1.97. The fourth-order valence-electron chi connectivity index (χ4n) is 1.00. The van der Waals surface area contributed by atoms with Gasteiger partial charge in [0.2, 0.25) is 0 Å². The van der Waals surface area contributed by atoms with Crippen molar-refractivity contribution in [2.45, 2.75) is 13.2 Å². The van der Waals surface area contributed by atoms with Crippen molar-refractivity contribution < 1.29 is 22.1 Å². The normalized spacial score (nSPS) is 14.2. The molecule has 0 spiro atoms. The van der Waals surface area contributed by atoms with Gasteiger partial charge in [0.15, 0.2) is 6.29 Å². The molecular formula is C12H20O5S. The van der Waals surface area contributed by atoms with Gasteiger partial charge in [-0.2, -0.15) is 8.42 Å². The van der Waals surface area contributed by atoms with E-state index in [0.717, 1.165) is 11.8 Å². The Morgan fingerprint density at radius 1 is 1.28 bits per heavy atom. The van der Waals surface area contributed by atoms with Crippen LogP contribution in [0, 0.1) is 0 Å². The zero-order valence-electron chi connectivity index (χ0n) is 11.1. The summed E-state index contributed by atoms with van der Waals surface area (Å²) in [6.45, 7) is 1.92. The molecule has 0 saturated heterocycles. The smallest absolute Gasteiger partial charge is 0.264 e. The molecule has 0 atom stereocenters. The summed E-state index contributed by atoms with van der Waals surface area (Å²) >= 11 is 0. The maximum Gasteiger partial charge on any atom is 0.264 e. The van der Waals surface area contributed by atoms with Crippen molar-refractivity contribution in [1.82, 2.24) is 0 Å². The summed E-state index contributed by atoms with van der Waals surface area (Å²) < 4.78 is 35.9. The van der Waals surface area contributed by atoms with Crippen molar-refractivity contribution in [3.8, 4) is 0 Å². The van der Waals surface area contributed by atoms with Gasteiger partial charge in [-0.15, -0.1) is 0 Å². The largest absolute Gasteiger partial charge is 0.352 e. The van der Waals surface area contributed by atoms with Crippen LogP contribution in [0.3, 0.4) is 0 Å². The number of ether oxygens (including phenoxy) is 2. The summed E-state index contributed by atoms with van der Waals surface area (Å²) in [5.74, 6) is 0. The molecule has 0 aromatic heterocycles. The third-order valence-electron chi connectivity index (χ3n) is 1.85. The monoisotopic (exact) mass is 276 g/mol. The molecule has 5 nitrogen and oxygen atoms in total. The van der Waals surface area contributed by atoms with Gasteiger partial charge in [0.1, 0.15) is 0 Å². The zero-order valence-corrected chi connectivity index (χ0v) is 11.9. The van der Waals surface area contributed by atoms with Crippen LogP contribution in [0.4, 0.5) is 0 Å². The molecule has 0 aliphatic carbocycles. The quantitative estimate of drug-likeness (QED) is 0.383. The number of allylic oxidation sites excluding steroid dienone is 4. The third kappa shape index (κ3) is 10.2. The summed E-state index contributed by atoms with van der Waals surface area (Å²) in [5.41, 5.74) is 0.953. The van der Waals surface area contributed by atoms with Crippen LogP contribution in [0.5, 0.6) is 0 Å². The molecule has 18 heavy (non-hydrogen) atoms. The van der Waals surface area contributed by atoms with Crippen LogP contribution in [-0.2, 0) is 23.8 Å². The molecule has 0 rings (SSSR count). The second-order valence-corrected chi connectivity index (χ2v) is 5.17. The minimum absolute atomic E-state index is 0.0342. The van der Waals surface area contributed by atoms with E-state index in [9.17, 15) is 8.42 Å². The Kier molecular flexibility index (Phi) is 8.57. The van der Waals surface area contributed by atoms with Crippen molar-refractivity contribution >= 4 is 10.1 Å². The molecule has 0 unspecified atom stereocenters. The minimum atomic E-state index is -3.37. The van der Waals surface area contributed by atoms with Crippen molar-refractivity contribution in [2.75, 3.05) is 27.1 Å². The second-order valence-electron chi connectivity index (χ2n) is 3.53. The molecule has 0 aromatic rings. The zero-order chi connectivity index (χ0) is 14.0. The van der Waals surface area contributed by atoms with Crippen LogP contribution in [0.15, 0.2) is 36.0 Å². The summed E-state index contributed by atoms with van der Waals surface area (Å²) in [6, 6.07) is 0. The highest BCUT2D eigenvalue weighted by molar-refractivity contribution is 7.85. The highest BCUT2D eigenvalue weighted by Crippen LogP contribution is 1.99. The van der Waals surface area contributed by atoms with Crippen molar-refractivity contribution in [3.63, 3.8) is 0 Å². The lowest BCUT2D eigenvalue weighted by Gasteiger charge is -2.06. The molecule has 0 aromatic carbocycles. The lowest BCUT2D eigenvalue weighted by Crippen LogP contribution is -2.08. The Morgan fingerprint density at radius 3 is 2.39 bits per heavy atom. The van der Waals surface area contributed by atoms with Gasteiger partial charge in [-0.05, 0) is 13.0 Å². The van der Waals surface area contributed by atoms with Crippen LogP contribution in [0.25, 0.3) is 0 Å². The molecule has 0 aliphatic heterocycles. The van der Waals surface area contributed by atoms with E-state index in [-0.39, 0.29) is 12.9 Å². The van der Waals surface area contributed by atoms with Gasteiger partial charge in [-0.1, -0.05) is 29.9 Å². The molecule has 0 radical (unpaired) electrons. The molecule has 0 fully saturated rings. The molecule has 0 heterocycles. The fraction of sp³-hybridized carbons (Fsp3) is 0.500. The van der Waals surface area contributed by atoms with Crippen LogP contribution < -0.4 is 0 Å². The van der Waals surface area contributed by atoms with E-state index in [4.69, 9.17) is 9.47 Å². The predicted octanol–water partition coefficient (Wildman–Crippen LogP) is 1.64. The minimum Gasteiger partial charge on any atom is -0.352 e. The van der Waals surface area contributed by atoms with Crippen molar-refractivity contribution in [3.05, 3.63) is 36.0 Å². The van der Waals surface area contributed by atoms with E-state index in [0.29, 0.717) is 0 Å². The number of hydrogen-bond acceptors (Lipinski definition) is 5. The van der Waals surface area contributed by atoms with E-state index < -0.39 is 10.1 Å². The van der Waals surface area contributed by atoms with Gasteiger partial charge in [0, 0.05) is 14.2 Å². The van der Waals surface area contributed by atoms with Crippen LogP contribution in [0.1, 0.15) is 6.92 Å². The Labute approximate surface area is 109 Å². The number of hydrogen-bond donors (Lipinski definition) is 0. The van der Waals surface area contributed by atoms with E-state index in [2.05, 4.69) is 4.18 Å². The van der Waals surface area contributed by atoms with Gasteiger partial charge in [-0.25, -0.2) is 0 Å². The lowest BCUT2D eigenvalue weighted by atomic mass is 10.2. The summed E-state index contributed by atoms with van der Waals surface area (Å²) in [6.07, 6.45) is 9.45. The van der Waals surface area contributed by atoms with E-state index >= 15 is 0 Å². The van der Waals surface area contributed by atoms with Crippen molar-refractivity contribution in [1.29, 1.82) is 0 Å². The maximum atomic E-state index is 10.7. The average Bonchev–Trinajstić information content (AvgIpc) is 2.29. The van der Waals surface area contributed by atoms with Crippen LogP contribution in [0.2, 0.25) is 0 Å². The van der Waals surface area contributed by atoms with Gasteiger partial charge >= 0.3 is 0 Å². The summed E-state index contributed by atoms with van der Waals surface area (Å²) in [5, 5.41) is 0. The second kappa shape index (κ2) is 9.04. The Morgan fingerprint density at radius 2 is 1.89 bits per heavy atom. The molecule has 0 aliphatic rings. The molecule has 0 amide bonds. The molecule has 0 N–H and O–H groups in total. The summed E-state index contributed by atoms with van der Waals surface area (Å²) in [4.78, 5) is 0. The SMILES string of the molecule is COC(C=CC=C(C)C=CCOS(C)(=O)=O)OC. The highest BCUT2D eigenvalue weighted by atomic mass is 32.2. The Hall–Kier alpha value is -0.950. The fourth-order valence-corrected chi connectivity index (χ4v) is 1.33. The first-order chi connectivity index (χ1) is 8.39. The van der Waals surface area contributed by atoms with E-state index in [1.54, 1.807) is 38.5 Å². The maximum absolute atomic E-state index is 10.7. The first kappa shape index (κ1) is 17.1. The topological polar surface area (TPSA) is 61.8 Å². The van der Waals surface area contributed by atoms with Crippen LogP contribution >= 0.6 is 0 Å². The van der Waals surface area contributed by atoms with Gasteiger partial charge in [0.05, 0.1) is 12.9 Å². The Bertz CT molecular complexity index is 402. The number of rotatable bonds is 8. The third-order valence-corrected chi connectivity index (χ3v) is 2.42. The average molecular weight is 276 g/mol. The Balaban J connectivity index is 4.15.